The first kappa shape index (κ1) is 7.79. The minimum atomic E-state index is -2.27. The zero-order valence-electron chi connectivity index (χ0n) is 13.5. The number of pyridine rings is 2. The van der Waals surface area contributed by atoms with Crippen molar-refractivity contribution in [1.82, 2.24) is 18.9 Å². The van der Waals surface area contributed by atoms with E-state index < -0.39 is 6.98 Å². The van der Waals surface area contributed by atoms with E-state index in [-0.39, 0.29) is 0 Å². The molecule has 0 aliphatic carbocycles. The van der Waals surface area contributed by atoms with Crippen LogP contribution in [0.3, 0.4) is 0 Å². The zero-order valence-corrected chi connectivity index (χ0v) is 10.5. The molecular formula is C15H12N5+. The van der Waals surface area contributed by atoms with Gasteiger partial charge in [-0.3, -0.25) is 4.98 Å². The van der Waals surface area contributed by atoms with Gasteiger partial charge in [0.2, 0.25) is 5.65 Å². The Balaban J connectivity index is 2.00. The summed E-state index contributed by atoms with van der Waals surface area (Å²) in [6.45, 7) is -1.63. The maximum Gasteiger partial charge on any atom is 0.299 e. The molecule has 0 amide bonds. The lowest BCUT2D eigenvalue weighted by Gasteiger charge is -1.91. The van der Waals surface area contributed by atoms with Crippen molar-refractivity contribution in [3.8, 4) is 11.4 Å². The van der Waals surface area contributed by atoms with E-state index in [0.29, 0.717) is 23.4 Å². The third-order valence-electron chi connectivity index (χ3n) is 3.88. The van der Waals surface area contributed by atoms with Crippen molar-refractivity contribution in [2.24, 2.45) is 6.98 Å². The Kier molecular flexibility index (Phi) is 1.27. The van der Waals surface area contributed by atoms with Crippen molar-refractivity contribution in [1.29, 1.82) is 0 Å². The molecule has 0 bridgehead atoms. The van der Waals surface area contributed by atoms with Gasteiger partial charge in [0, 0.05) is 23.5 Å². The maximum absolute atomic E-state index is 7.89. The van der Waals surface area contributed by atoms with E-state index in [9.17, 15) is 0 Å². The summed E-state index contributed by atoms with van der Waals surface area (Å²) in [4.78, 5) is 8.84. The maximum atomic E-state index is 7.89. The Labute approximate surface area is 119 Å². The summed E-state index contributed by atoms with van der Waals surface area (Å²) in [6, 6.07) is 7.45. The average molecular weight is 265 g/mol. The molecule has 0 atom stereocenters. The molecular weight excluding hydrogens is 250 g/mol. The lowest BCUT2D eigenvalue weighted by atomic mass is 10.2. The number of fused-ring (bicyclic) bond motifs is 7. The molecule has 5 rings (SSSR count). The Hall–Kier alpha value is -2.69. The van der Waals surface area contributed by atoms with Crippen molar-refractivity contribution >= 4 is 16.8 Å². The first-order valence-electron chi connectivity index (χ1n) is 7.91. The molecule has 20 heavy (non-hydrogen) atoms. The van der Waals surface area contributed by atoms with Crippen LogP contribution in [0, 0.1) is 0 Å². The van der Waals surface area contributed by atoms with E-state index >= 15 is 0 Å². The van der Waals surface area contributed by atoms with Gasteiger partial charge in [-0.15, -0.1) is 0 Å². The molecule has 4 aromatic rings. The molecule has 5 heterocycles. The van der Waals surface area contributed by atoms with E-state index in [1.807, 2.05) is 27.3 Å². The summed E-state index contributed by atoms with van der Waals surface area (Å²) in [5.41, 5.74) is 3.86. The largest absolute Gasteiger partial charge is 0.303 e. The highest BCUT2D eigenvalue weighted by atomic mass is 15.2. The fraction of sp³-hybridized carbons (Fsp3) is 0.133. The van der Waals surface area contributed by atoms with Crippen molar-refractivity contribution < 1.29 is 8.68 Å². The van der Waals surface area contributed by atoms with Gasteiger partial charge in [0.25, 0.3) is 11.5 Å². The minimum absolute atomic E-state index is 0.600. The molecule has 5 heteroatoms. The second kappa shape index (κ2) is 3.25. The van der Waals surface area contributed by atoms with Crippen molar-refractivity contribution in [3.05, 3.63) is 48.5 Å². The van der Waals surface area contributed by atoms with Crippen LogP contribution in [0.4, 0.5) is 0 Å². The van der Waals surface area contributed by atoms with Crippen LogP contribution in [0.25, 0.3) is 28.2 Å². The quantitative estimate of drug-likeness (QED) is 0.398. The number of imidazole rings is 2. The van der Waals surface area contributed by atoms with Crippen LogP contribution in [0.2, 0.25) is 0 Å². The summed E-state index contributed by atoms with van der Waals surface area (Å²) in [6.07, 6.45) is 5.32. The van der Waals surface area contributed by atoms with Crippen molar-refractivity contribution in [2.45, 2.75) is 6.54 Å². The molecule has 0 fully saturated rings. The van der Waals surface area contributed by atoms with Gasteiger partial charge in [0.15, 0.2) is 6.20 Å². The summed E-state index contributed by atoms with van der Waals surface area (Å²) in [5.74, 6) is 0.926. The highest BCUT2D eigenvalue weighted by molar-refractivity contribution is 5.80. The van der Waals surface area contributed by atoms with Gasteiger partial charge in [0.05, 0.1) is 11.3 Å². The number of aryl methyl sites for hydroxylation is 1. The second-order valence-electron chi connectivity index (χ2n) is 4.95. The van der Waals surface area contributed by atoms with Crippen molar-refractivity contribution in [3.63, 3.8) is 0 Å². The lowest BCUT2D eigenvalue weighted by Crippen LogP contribution is -2.30. The Morgan fingerprint density at radius 3 is 3.10 bits per heavy atom. The summed E-state index contributed by atoms with van der Waals surface area (Å²) < 4.78 is 29.0. The number of rotatable bonds is 0. The van der Waals surface area contributed by atoms with Gasteiger partial charge >= 0.3 is 0 Å². The van der Waals surface area contributed by atoms with Crippen LogP contribution in [0.15, 0.2) is 42.9 Å². The van der Waals surface area contributed by atoms with Crippen LogP contribution in [0.1, 0.15) is 9.81 Å². The van der Waals surface area contributed by atoms with Crippen molar-refractivity contribution in [2.75, 3.05) is 0 Å². The molecule has 0 saturated carbocycles. The Morgan fingerprint density at radius 1 is 1.25 bits per heavy atom. The predicted octanol–water partition coefficient (Wildman–Crippen LogP) is 1.54. The van der Waals surface area contributed by atoms with Gasteiger partial charge in [-0.05, 0) is 24.3 Å². The fourth-order valence-electron chi connectivity index (χ4n) is 3.05. The van der Waals surface area contributed by atoms with Gasteiger partial charge in [0.1, 0.15) is 12.1 Å². The Morgan fingerprint density at radius 2 is 2.15 bits per heavy atom. The molecule has 4 aromatic heterocycles. The van der Waals surface area contributed by atoms with E-state index in [1.165, 1.54) is 4.57 Å². The van der Waals surface area contributed by atoms with Crippen LogP contribution in [-0.4, -0.2) is 18.9 Å². The molecule has 0 saturated heterocycles. The molecule has 0 aromatic carbocycles. The van der Waals surface area contributed by atoms with E-state index in [2.05, 4.69) is 9.97 Å². The highest BCUT2D eigenvalue weighted by Crippen LogP contribution is 2.29. The lowest BCUT2D eigenvalue weighted by molar-refractivity contribution is -0.670. The van der Waals surface area contributed by atoms with Gasteiger partial charge in [-0.2, -0.15) is 4.40 Å². The molecule has 0 spiro atoms. The van der Waals surface area contributed by atoms with E-state index in [4.69, 9.17) is 4.11 Å². The van der Waals surface area contributed by atoms with Crippen LogP contribution < -0.4 is 4.57 Å². The third-order valence-corrected chi connectivity index (χ3v) is 3.88. The molecule has 0 N–H and O–H groups in total. The molecule has 1 aliphatic heterocycles. The number of hydrogen-bond donors (Lipinski definition) is 0. The Bertz CT molecular complexity index is 1090. The molecule has 96 valence electrons. The zero-order chi connectivity index (χ0) is 15.8. The van der Waals surface area contributed by atoms with Crippen LogP contribution >= 0.6 is 0 Å². The third kappa shape index (κ3) is 1.02. The van der Waals surface area contributed by atoms with Gasteiger partial charge in [-0.25, -0.2) is 9.55 Å². The van der Waals surface area contributed by atoms with Gasteiger partial charge in [-0.1, -0.05) is 0 Å². The fourth-order valence-corrected chi connectivity index (χ4v) is 3.05. The normalized spacial score (nSPS) is 15.9. The molecule has 5 nitrogen and oxygen atoms in total. The predicted molar refractivity (Wildman–Crippen MR) is 74.2 cm³/mol. The topological polar surface area (TPSA) is 39.0 Å². The molecule has 0 radical (unpaired) electrons. The standard InChI is InChI=1S/C15H12N5/c1-18-12-5-3-7-17-14(12)20-13(18)9-19-8-11-10(15(19)20)4-2-6-16-11/h2-7,9H,8H2,1H3/q+1/i1D3. The SMILES string of the molecule is [2H]C([2H])([2H])n1c2cccnc2n2c3[n+](cc12)Cc1ncccc1-3. The first-order valence-corrected chi connectivity index (χ1v) is 6.41. The smallest absolute Gasteiger partial charge is 0.299 e. The number of aromatic nitrogens is 5. The molecule has 0 unspecified atom stereocenters. The van der Waals surface area contributed by atoms with E-state index in [1.54, 1.807) is 24.5 Å². The summed E-state index contributed by atoms with van der Waals surface area (Å²) >= 11 is 0. The number of hydrogen-bond acceptors (Lipinski definition) is 2. The minimum Gasteiger partial charge on any atom is -0.303 e. The highest BCUT2D eigenvalue weighted by Gasteiger charge is 2.33. The summed E-state index contributed by atoms with van der Waals surface area (Å²) in [5, 5.41) is 0. The monoisotopic (exact) mass is 265 g/mol. The summed E-state index contributed by atoms with van der Waals surface area (Å²) in [7, 11) is 0. The van der Waals surface area contributed by atoms with Gasteiger partial charge < -0.3 is 4.57 Å². The second-order valence-corrected chi connectivity index (χ2v) is 4.95. The van der Waals surface area contributed by atoms with Crippen LogP contribution in [0.5, 0.6) is 0 Å². The molecule has 1 aliphatic rings. The average Bonchev–Trinajstić information content (AvgIpc) is 3.11. The number of nitrogens with zero attached hydrogens (tertiary/aromatic N) is 5. The van der Waals surface area contributed by atoms with Crippen LogP contribution in [-0.2, 0) is 13.5 Å². The first-order chi connectivity index (χ1) is 11.1. The van der Waals surface area contributed by atoms with E-state index in [0.717, 1.165) is 17.1 Å².